The predicted octanol–water partition coefficient (Wildman–Crippen LogP) is 2.10. The average molecular weight is 410 g/mol. The Kier molecular flexibility index (Phi) is 8.13. The quantitative estimate of drug-likeness (QED) is 0.657. The van der Waals surface area contributed by atoms with Crippen LogP contribution in [-0.2, 0) is 29.1 Å². The summed E-state index contributed by atoms with van der Waals surface area (Å²) in [6.07, 6.45) is 3.81. The van der Waals surface area contributed by atoms with E-state index in [2.05, 4.69) is 5.32 Å². The fraction of sp³-hybridized carbons (Fsp3) is 0.526. The molecule has 9 heteroatoms. The summed E-state index contributed by atoms with van der Waals surface area (Å²) in [7, 11) is -3.54. The number of ketones is 1. The van der Waals surface area contributed by atoms with Gasteiger partial charge in [-0.15, -0.1) is 0 Å². The van der Waals surface area contributed by atoms with Gasteiger partial charge in [-0.25, -0.2) is 8.42 Å². The molecule has 0 saturated carbocycles. The molecule has 1 fully saturated rings. The molecular formula is C19H26N2O6S. The normalized spacial score (nSPS) is 15.5. The van der Waals surface area contributed by atoms with Gasteiger partial charge in [-0.05, 0) is 44.0 Å². The average Bonchev–Trinajstić information content (AvgIpc) is 2.95. The minimum absolute atomic E-state index is 0.0638. The van der Waals surface area contributed by atoms with Gasteiger partial charge in [0.15, 0.2) is 6.61 Å². The first-order valence-corrected chi connectivity index (χ1v) is 10.8. The Labute approximate surface area is 165 Å². The molecule has 0 unspecified atom stereocenters. The monoisotopic (exact) mass is 410 g/mol. The molecule has 0 atom stereocenters. The number of benzene rings is 1. The fourth-order valence-electron chi connectivity index (χ4n) is 2.83. The summed E-state index contributed by atoms with van der Waals surface area (Å²) in [5.74, 6) is -1.29. The predicted molar refractivity (Wildman–Crippen MR) is 103 cm³/mol. The van der Waals surface area contributed by atoms with E-state index in [1.54, 1.807) is 0 Å². The maximum atomic E-state index is 12.7. The number of carbonyl (C=O) groups is 3. The molecule has 1 heterocycles. The first-order chi connectivity index (χ1) is 13.3. The summed E-state index contributed by atoms with van der Waals surface area (Å²) in [6, 6.07) is 5.91. The lowest BCUT2D eigenvalue weighted by atomic mass is 10.2. The largest absolute Gasteiger partial charge is 0.456 e. The lowest BCUT2D eigenvalue weighted by molar-refractivity contribution is -0.148. The van der Waals surface area contributed by atoms with Gasteiger partial charge in [0.05, 0.1) is 11.3 Å². The van der Waals surface area contributed by atoms with Crippen molar-refractivity contribution < 1.29 is 27.5 Å². The molecule has 1 aliphatic rings. The smallest absolute Gasteiger partial charge is 0.306 e. The second kappa shape index (κ2) is 10.3. The molecule has 0 spiro atoms. The third-order valence-corrected chi connectivity index (χ3v) is 6.30. The van der Waals surface area contributed by atoms with E-state index >= 15 is 0 Å². The van der Waals surface area contributed by atoms with Crippen molar-refractivity contribution in [2.24, 2.45) is 0 Å². The van der Waals surface area contributed by atoms with Crippen LogP contribution in [0.4, 0.5) is 5.69 Å². The van der Waals surface area contributed by atoms with Crippen molar-refractivity contribution in [2.45, 2.75) is 50.3 Å². The molecule has 1 aromatic rings. The van der Waals surface area contributed by atoms with Crippen LogP contribution < -0.4 is 5.32 Å². The van der Waals surface area contributed by atoms with Gasteiger partial charge in [0.1, 0.15) is 5.78 Å². The summed E-state index contributed by atoms with van der Waals surface area (Å²) >= 11 is 0. The van der Waals surface area contributed by atoms with Gasteiger partial charge in [-0.1, -0.05) is 12.8 Å². The molecule has 1 N–H and O–H groups in total. The highest BCUT2D eigenvalue weighted by molar-refractivity contribution is 7.89. The van der Waals surface area contributed by atoms with Crippen LogP contribution >= 0.6 is 0 Å². The summed E-state index contributed by atoms with van der Waals surface area (Å²) < 4.78 is 31.7. The molecule has 1 aliphatic heterocycles. The lowest BCUT2D eigenvalue weighted by Gasteiger charge is -2.20. The van der Waals surface area contributed by atoms with E-state index in [0.29, 0.717) is 18.8 Å². The molecule has 0 aliphatic carbocycles. The van der Waals surface area contributed by atoms with Crippen LogP contribution in [0.25, 0.3) is 0 Å². The summed E-state index contributed by atoms with van der Waals surface area (Å²) in [6.45, 7) is 1.95. The number of sulfonamides is 1. The zero-order valence-electron chi connectivity index (χ0n) is 16.0. The first-order valence-electron chi connectivity index (χ1n) is 9.34. The van der Waals surface area contributed by atoms with Gasteiger partial charge in [0, 0.05) is 25.2 Å². The molecule has 8 nitrogen and oxygen atoms in total. The number of nitrogens with zero attached hydrogens (tertiary/aromatic N) is 1. The van der Waals surface area contributed by atoms with Crippen LogP contribution in [0.3, 0.4) is 0 Å². The van der Waals surface area contributed by atoms with Crippen molar-refractivity contribution in [3.05, 3.63) is 24.3 Å². The highest BCUT2D eigenvalue weighted by Gasteiger charge is 2.25. The number of Topliss-reactive ketones (excluding diaryl/α,β-unsaturated/α-hetero) is 1. The van der Waals surface area contributed by atoms with Crippen molar-refractivity contribution >= 4 is 33.4 Å². The lowest BCUT2D eigenvalue weighted by Crippen LogP contribution is -2.31. The standard InChI is InChI=1S/C19H26N2O6S/c1-15(22)6-11-19(24)27-14-18(23)20-16-7-9-17(10-8-16)28(25,26)21-12-4-2-3-5-13-21/h7-10H,2-6,11-14H2,1H3,(H,20,23). The Bertz CT molecular complexity index is 796. The van der Waals surface area contributed by atoms with Crippen LogP contribution in [0.1, 0.15) is 45.4 Å². The summed E-state index contributed by atoms with van der Waals surface area (Å²) in [5.41, 5.74) is 0.402. The van der Waals surface area contributed by atoms with Crippen molar-refractivity contribution in [2.75, 3.05) is 25.0 Å². The van der Waals surface area contributed by atoms with Crippen LogP contribution in [-0.4, -0.2) is 50.1 Å². The van der Waals surface area contributed by atoms with E-state index in [4.69, 9.17) is 4.74 Å². The minimum atomic E-state index is -3.54. The Morgan fingerprint density at radius 3 is 2.18 bits per heavy atom. The number of ether oxygens (including phenoxy) is 1. The second-order valence-electron chi connectivity index (χ2n) is 6.75. The molecule has 0 aromatic heterocycles. The topological polar surface area (TPSA) is 110 Å². The second-order valence-corrected chi connectivity index (χ2v) is 8.69. The summed E-state index contributed by atoms with van der Waals surface area (Å²) in [4.78, 5) is 34.2. The van der Waals surface area contributed by atoms with E-state index in [-0.39, 0.29) is 23.5 Å². The summed E-state index contributed by atoms with van der Waals surface area (Å²) in [5, 5.41) is 2.54. The highest BCUT2D eigenvalue weighted by atomic mass is 32.2. The SMILES string of the molecule is CC(=O)CCC(=O)OCC(=O)Nc1ccc(S(=O)(=O)N2CCCCCC2)cc1. The third kappa shape index (κ3) is 6.72. The fourth-order valence-corrected chi connectivity index (χ4v) is 4.35. The molecule has 1 aromatic carbocycles. The van der Waals surface area contributed by atoms with E-state index in [1.807, 2.05) is 0 Å². The Hall–Kier alpha value is -2.26. The van der Waals surface area contributed by atoms with E-state index in [9.17, 15) is 22.8 Å². The number of esters is 1. The molecule has 0 radical (unpaired) electrons. The molecule has 0 bridgehead atoms. The third-order valence-electron chi connectivity index (χ3n) is 4.39. The molecule has 1 saturated heterocycles. The molecule has 28 heavy (non-hydrogen) atoms. The van der Waals surface area contributed by atoms with Gasteiger partial charge in [-0.2, -0.15) is 4.31 Å². The van der Waals surface area contributed by atoms with Gasteiger partial charge in [0.25, 0.3) is 5.91 Å². The number of amides is 1. The van der Waals surface area contributed by atoms with Gasteiger partial charge < -0.3 is 14.8 Å². The number of hydrogen-bond donors (Lipinski definition) is 1. The highest BCUT2D eigenvalue weighted by Crippen LogP contribution is 2.21. The van der Waals surface area contributed by atoms with Crippen LogP contribution in [0.15, 0.2) is 29.2 Å². The van der Waals surface area contributed by atoms with Crippen LogP contribution in [0.5, 0.6) is 0 Å². The Balaban J connectivity index is 1.88. The van der Waals surface area contributed by atoms with Crippen molar-refractivity contribution in [1.29, 1.82) is 0 Å². The Morgan fingerprint density at radius 2 is 1.61 bits per heavy atom. The minimum Gasteiger partial charge on any atom is -0.456 e. The zero-order valence-corrected chi connectivity index (χ0v) is 16.8. The molecular weight excluding hydrogens is 384 g/mol. The molecule has 2 rings (SSSR count). The van der Waals surface area contributed by atoms with Crippen LogP contribution in [0, 0.1) is 0 Å². The van der Waals surface area contributed by atoms with Gasteiger partial charge in [-0.3, -0.25) is 9.59 Å². The number of nitrogens with one attached hydrogen (secondary N) is 1. The van der Waals surface area contributed by atoms with Crippen molar-refractivity contribution in [1.82, 2.24) is 4.31 Å². The maximum Gasteiger partial charge on any atom is 0.306 e. The van der Waals surface area contributed by atoms with E-state index < -0.39 is 28.5 Å². The number of rotatable bonds is 8. The number of carbonyl (C=O) groups excluding carboxylic acids is 3. The van der Waals surface area contributed by atoms with Crippen molar-refractivity contribution in [3.63, 3.8) is 0 Å². The van der Waals surface area contributed by atoms with Crippen molar-refractivity contribution in [3.8, 4) is 0 Å². The van der Waals surface area contributed by atoms with Gasteiger partial charge in [0.2, 0.25) is 10.0 Å². The number of hydrogen-bond acceptors (Lipinski definition) is 6. The van der Waals surface area contributed by atoms with Gasteiger partial charge >= 0.3 is 5.97 Å². The molecule has 154 valence electrons. The maximum absolute atomic E-state index is 12.7. The number of anilines is 1. The first kappa shape index (κ1) is 22.0. The van der Waals surface area contributed by atoms with E-state index in [0.717, 1.165) is 25.7 Å². The molecule has 1 amide bonds. The van der Waals surface area contributed by atoms with Crippen LogP contribution in [0.2, 0.25) is 0 Å². The zero-order chi connectivity index (χ0) is 20.6. The Morgan fingerprint density at radius 1 is 1.00 bits per heavy atom. The van der Waals surface area contributed by atoms with E-state index in [1.165, 1.54) is 35.5 Å².